The van der Waals surface area contributed by atoms with Crippen molar-refractivity contribution in [1.82, 2.24) is 14.7 Å². The Hall–Kier alpha value is -3.75. The number of ether oxygens (including phenoxy) is 1. The summed E-state index contributed by atoms with van der Waals surface area (Å²) in [5.41, 5.74) is 7.95. The molecule has 1 aliphatic carbocycles. The van der Waals surface area contributed by atoms with Crippen LogP contribution in [-0.2, 0) is 11.2 Å². The van der Waals surface area contributed by atoms with Gasteiger partial charge in [0.05, 0.1) is 28.5 Å². The number of likely N-dealkylation sites (tertiary alicyclic amines) is 1. The van der Waals surface area contributed by atoms with Crippen LogP contribution in [0, 0.1) is 5.82 Å². The number of aromatic nitrogens is 2. The fourth-order valence-corrected chi connectivity index (χ4v) is 5.03. The van der Waals surface area contributed by atoms with Crippen LogP contribution in [0.3, 0.4) is 0 Å². The molecule has 1 saturated carbocycles. The Bertz CT molecular complexity index is 1490. The van der Waals surface area contributed by atoms with Gasteiger partial charge in [-0.25, -0.2) is 9.07 Å². The topological polar surface area (TPSA) is 90.4 Å². The third-order valence-corrected chi connectivity index (χ3v) is 7.37. The molecule has 208 valence electrons. The third-order valence-electron chi connectivity index (χ3n) is 7.08. The van der Waals surface area contributed by atoms with Crippen molar-refractivity contribution in [3.63, 3.8) is 0 Å². The summed E-state index contributed by atoms with van der Waals surface area (Å²) in [6, 6.07) is 16.9. The fourth-order valence-electron chi connectivity index (χ4n) is 4.78. The minimum atomic E-state index is -1.000. The van der Waals surface area contributed by atoms with E-state index in [4.69, 9.17) is 22.1 Å². The number of amides is 1. The molecular formula is C31H32ClFN4O3. The number of nitrogens with two attached hydrogens (primary N) is 1. The number of Topliss-reactive ketones (excluding diaryl/α,β-unsaturated/α-hetero) is 1. The average Bonchev–Trinajstić information content (AvgIpc) is 3.43. The molecule has 0 atom stereocenters. The number of aryl methyl sites for hydroxylation is 1. The summed E-state index contributed by atoms with van der Waals surface area (Å²) in [6.45, 7) is 3.79. The van der Waals surface area contributed by atoms with E-state index in [0.717, 1.165) is 22.7 Å². The van der Waals surface area contributed by atoms with Crippen LogP contribution in [0.25, 0.3) is 16.6 Å². The van der Waals surface area contributed by atoms with E-state index in [1.165, 1.54) is 75.5 Å². The molecule has 2 heterocycles. The molecular weight excluding hydrogens is 531 g/mol. The first-order chi connectivity index (χ1) is 19.4. The first kappa shape index (κ1) is 27.8. The van der Waals surface area contributed by atoms with Crippen LogP contribution >= 0.6 is 11.6 Å². The number of carbonyl (C=O) groups excluding carboxylic acids is 2. The molecule has 0 spiro atoms. The zero-order chi connectivity index (χ0) is 28.1. The van der Waals surface area contributed by atoms with E-state index in [2.05, 4.69) is 22.1 Å². The van der Waals surface area contributed by atoms with Gasteiger partial charge in [0.2, 0.25) is 5.78 Å². The van der Waals surface area contributed by atoms with E-state index < -0.39 is 11.7 Å². The number of primary amides is 1. The van der Waals surface area contributed by atoms with Crippen molar-refractivity contribution in [2.75, 3.05) is 19.6 Å². The van der Waals surface area contributed by atoms with E-state index in [9.17, 15) is 14.0 Å². The summed E-state index contributed by atoms with van der Waals surface area (Å²) < 4.78 is 20.3. The minimum absolute atomic E-state index is 0.216. The van der Waals surface area contributed by atoms with Crippen molar-refractivity contribution in [3.05, 3.63) is 88.8 Å². The highest BCUT2D eigenvalue weighted by Gasteiger charge is 2.24. The standard InChI is InChI=1S/C16H22ClNO.C15H10FN3O2/c17-15-12-13(4-3-11-18-9-1-2-10-18)5-8-16(15)19-14-6-7-14;16-11-2-4-12(5-3-11)19-13-6-1-9(14(20)15(17)21)7-10(13)8-18-19/h5,8,12,14H,1-4,6-7,9-11H2;1-8H,(H2,17,21). The molecule has 1 saturated heterocycles. The van der Waals surface area contributed by atoms with Crippen LogP contribution in [0.1, 0.15) is 48.0 Å². The lowest BCUT2D eigenvalue weighted by Crippen LogP contribution is -2.22. The minimum Gasteiger partial charge on any atom is -0.489 e. The van der Waals surface area contributed by atoms with Gasteiger partial charge in [-0.1, -0.05) is 17.7 Å². The first-order valence-electron chi connectivity index (χ1n) is 13.6. The number of fused-ring (bicyclic) bond motifs is 1. The zero-order valence-electron chi connectivity index (χ0n) is 22.2. The lowest BCUT2D eigenvalue weighted by molar-refractivity contribution is -0.114. The van der Waals surface area contributed by atoms with Crippen molar-refractivity contribution in [2.45, 2.75) is 44.6 Å². The van der Waals surface area contributed by atoms with Crippen molar-refractivity contribution < 1.29 is 18.7 Å². The summed E-state index contributed by atoms with van der Waals surface area (Å²) in [4.78, 5) is 25.0. The molecule has 1 aromatic heterocycles. The van der Waals surface area contributed by atoms with E-state index in [1.54, 1.807) is 35.1 Å². The lowest BCUT2D eigenvalue weighted by atomic mass is 10.1. The Labute approximate surface area is 237 Å². The maximum atomic E-state index is 12.9. The largest absolute Gasteiger partial charge is 0.489 e. The van der Waals surface area contributed by atoms with Gasteiger partial charge in [-0.15, -0.1) is 0 Å². The SMILES string of the molecule is Clc1cc(CCCN2CCCC2)ccc1OC1CC1.NC(=O)C(=O)c1ccc2c(cnn2-c2ccc(F)cc2)c1. The van der Waals surface area contributed by atoms with Crippen LogP contribution in [0.4, 0.5) is 4.39 Å². The van der Waals surface area contributed by atoms with Gasteiger partial charge in [-0.2, -0.15) is 5.10 Å². The Balaban J connectivity index is 0.000000162. The third kappa shape index (κ3) is 7.06. The molecule has 1 aliphatic heterocycles. The number of hydrogen-bond acceptors (Lipinski definition) is 5. The van der Waals surface area contributed by atoms with Gasteiger partial charge in [-0.05, 0) is 118 Å². The summed E-state index contributed by atoms with van der Waals surface area (Å²) in [7, 11) is 0. The molecule has 3 aromatic carbocycles. The van der Waals surface area contributed by atoms with Gasteiger partial charge in [0.15, 0.2) is 0 Å². The number of nitrogens with zero attached hydrogens (tertiary/aromatic N) is 3. The highest BCUT2D eigenvalue weighted by Crippen LogP contribution is 2.32. The van der Waals surface area contributed by atoms with E-state index in [-0.39, 0.29) is 11.4 Å². The molecule has 0 radical (unpaired) electrons. The van der Waals surface area contributed by atoms with E-state index in [0.29, 0.717) is 17.2 Å². The molecule has 2 aliphatic rings. The van der Waals surface area contributed by atoms with Gasteiger partial charge in [0.25, 0.3) is 5.91 Å². The molecule has 7 nitrogen and oxygen atoms in total. The Morgan fingerprint density at radius 1 is 1.02 bits per heavy atom. The average molecular weight is 563 g/mol. The summed E-state index contributed by atoms with van der Waals surface area (Å²) in [5.74, 6) is -1.22. The molecule has 4 aromatic rings. The number of carbonyl (C=O) groups is 2. The molecule has 0 unspecified atom stereocenters. The van der Waals surface area contributed by atoms with Crippen molar-refractivity contribution in [3.8, 4) is 11.4 Å². The Morgan fingerprint density at radius 3 is 2.45 bits per heavy atom. The van der Waals surface area contributed by atoms with Gasteiger partial charge in [0.1, 0.15) is 11.6 Å². The number of hydrogen-bond donors (Lipinski definition) is 1. The number of halogens is 2. The van der Waals surface area contributed by atoms with Crippen molar-refractivity contribution >= 4 is 34.2 Å². The van der Waals surface area contributed by atoms with E-state index >= 15 is 0 Å². The zero-order valence-corrected chi connectivity index (χ0v) is 22.9. The summed E-state index contributed by atoms with van der Waals surface area (Å²) in [5, 5.41) is 5.66. The van der Waals surface area contributed by atoms with Crippen LogP contribution in [-0.4, -0.2) is 52.1 Å². The monoisotopic (exact) mass is 562 g/mol. The second-order valence-electron chi connectivity index (χ2n) is 10.2. The van der Waals surface area contributed by atoms with Crippen molar-refractivity contribution in [1.29, 1.82) is 0 Å². The molecule has 1 amide bonds. The lowest BCUT2D eigenvalue weighted by Gasteiger charge is -2.14. The quantitative estimate of drug-likeness (QED) is 0.207. The maximum Gasteiger partial charge on any atom is 0.289 e. The van der Waals surface area contributed by atoms with Gasteiger partial charge in [-0.3, -0.25) is 9.59 Å². The molecule has 6 rings (SSSR count). The first-order valence-corrected chi connectivity index (χ1v) is 14.0. The molecule has 2 fully saturated rings. The molecule has 2 N–H and O–H groups in total. The highest BCUT2D eigenvalue weighted by atomic mass is 35.5. The predicted molar refractivity (Wildman–Crippen MR) is 154 cm³/mol. The second kappa shape index (κ2) is 12.6. The normalized spacial score (nSPS) is 15.1. The van der Waals surface area contributed by atoms with Gasteiger partial charge in [0, 0.05) is 10.9 Å². The Kier molecular flexibility index (Phi) is 8.77. The van der Waals surface area contributed by atoms with Crippen molar-refractivity contribution in [2.24, 2.45) is 5.73 Å². The maximum absolute atomic E-state index is 12.9. The number of ketones is 1. The van der Waals surface area contributed by atoms with Crippen LogP contribution in [0.5, 0.6) is 5.75 Å². The number of rotatable bonds is 9. The highest BCUT2D eigenvalue weighted by molar-refractivity contribution is 6.42. The van der Waals surface area contributed by atoms with E-state index in [1.807, 2.05) is 6.07 Å². The Morgan fingerprint density at radius 2 is 1.77 bits per heavy atom. The smallest absolute Gasteiger partial charge is 0.289 e. The van der Waals surface area contributed by atoms with Gasteiger partial charge >= 0.3 is 0 Å². The number of benzene rings is 3. The predicted octanol–water partition coefficient (Wildman–Crippen LogP) is 5.74. The molecule has 9 heteroatoms. The van der Waals surface area contributed by atoms with Crippen LogP contribution in [0.15, 0.2) is 66.9 Å². The fraction of sp³-hybridized carbons (Fsp3) is 0.323. The summed E-state index contributed by atoms with van der Waals surface area (Å²) >= 11 is 6.27. The second-order valence-corrected chi connectivity index (χ2v) is 10.6. The van der Waals surface area contributed by atoms with Crippen LogP contribution < -0.4 is 10.5 Å². The molecule has 0 bridgehead atoms. The van der Waals surface area contributed by atoms with Gasteiger partial charge < -0.3 is 15.4 Å². The summed E-state index contributed by atoms with van der Waals surface area (Å²) in [6.07, 6.45) is 9.41. The van der Waals surface area contributed by atoms with Crippen LogP contribution in [0.2, 0.25) is 5.02 Å². The molecule has 40 heavy (non-hydrogen) atoms.